The van der Waals surface area contributed by atoms with Crippen LogP contribution in [0.3, 0.4) is 0 Å². The molecule has 5 rings (SSSR count). The maximum Gasteiger partial charge on any atom is 0.239 e. The fourth-order valence-electron chi connectivity index (χ4n) is 6.96. The van der Waals surface area contributed by atoms with Gasteiger partial charge in [0.15, 0.2) is 0 Å². The number of ether oxygens (including phenoxy) is 1. The monoisotopic (exact) mass is 405 g/mol. The molecule has 5 fully saturated rings. The molecule has 0 aromatic heterocycles. The second-order valence-corrected chi connectivity index (χ2v) is 10.8. The van der Waals surface area contributed by atoms with Crippen LogP contribution in [0.4, 0.5) is 0 Å². The van der Waals surface area contributed by atoms with E-state index in [-0.39, 0.29) is 29.9 Å². The molecule has 0 aromatic rings. The van der Waals surface area contributed by atoms with Crippen LogP contribution in [0.1, 0.15) is 58.8 Å². The van der Waals surface area contributed by atoms with Crippen LogP contribution >= 0.6 is 0 Å². The van der Waals surface area contributed by atoms with E-state index >= 15 is 0 Å². The zero-order valence-corrected chi connectivity index (χ0v) is 18.3. The number of rotatable bonds is 8. The van der Waals surface area contributed by atoms with Crippen molar-refractivity contribution in [3.05, 3.63) is 0 Å². The summed E-state index contributed by atoms with van der Waals surface area (Å²) in [7, 11) is 0. The average molecular weight is 406 g/mol. The zero-order valence-electron chi connectivity index (χ0n) is 18.3. The molecule has 29 heavy (non-hydrogen) atoms. The van der Waals surface area contributed by atoms with Crippen molar-refractivity contribution in [3.8, 4) is 0 Å². The number of nitrogens with zero attached hydrogens (tertiary/aromatic N) is 1. The Kier molecular flexibility index (Phi) is 6.50. The van der Waals surface area contributed by atoms with Crippen LogP contribution in [0.2, 0.25) is 0 Å². The molecule has 0 aromatic carbocycles. The lowest BCUT2D eigenvalue weighted by Gasteiger charge is -2.56. The molecule has 4 saturated carbocycles. The van der Waals surface area contributed by atoms with Crippen LogP contribution in [-0.2, 0) is 14.3 Å². The van der Waals surface area contributed by atoms with Gasteiger partial charge in [0.2, 0.25) is 11.8 Å². The Bertz CT molecular complexity index is 571. The number of amides is 2. The highest BCUT2D eigenvalue weighted by Crippen LogP contribution is 2.61. The Morgan fingerprint density at radius 3 is 2.31 bits per heavy atom. The van der Waals surface area contributed by atoms with Gasteiger partial charge in [-0.15, -0.1) is 0 Å². The summed E-state index contributed by atoms with van der Waals surface area (Å²) in [5.41, 5.74) is 0.227. The highest BCUT2D eigenvalue weighted by molar-refractivity contribution is 5.84. The summed E-state index contributed by atoms with van der Waals surface area (Å²) in [6.45, 7) is 8.63. The van der Waals surface area contributed by atoms with Gasteiger partial charge in [-0.25, -0.2) is 0 Å². The zero-order chi connectivity index (χ0) is 20.4. The van der Waals surface area contributed by atoms with Gasteiger partial charge in [-0.2, -0.15) is 0 Å². The number of hydrogen-bond acceptors (Lipinski definition) is 4. The summed E-state index contributed by atoms with van der Waals surface area (Å²) < 4.78 is 5.78. The SMILES string of the molecule is CC(C)CN1CCOC(CNC(=O)CNC(=O)CC23CC4CC(CC(C4)C2)C3)C1. The molecule has 1 unspecified atom stereocenters. The van der Waals surface area contributed by atoms with Crippen molar-refractivity contribution in [1.29, 1.82) is 0 Å². The summed E-state index contributed by atoms with van der Waals surface area (Å²) in [6.07, 6.45) is 8.50. The number of carbonyl (C=O) groups excluding carboxylic acids is 2. The predicted molar refractivity (Wildman–Crippen MR) is 112 cm³/mol. The van der Waals surface area contributed by atoms with Crippen molar-refractivity contribution < 1.29 is 14.3 Å². The van der Waals surface area contributed by atoms with Crippen molar-refractivity contribution in [1.82, 2.24) is 15.5 Å². The minimum Gasteiger partial charge on any atom is -0.374 e. The lowest BCUT2D eigenvalue weighted by molar-refractivity contribution is -0.132. The molecule has 0 radical (unpaired) electrons. The smallest absolute Gasteiger partial charge is 0.239 e. The first-order chi connectivity index (χ1) is 13.9. The van der Waals surface area contributed by atoms with Crippen LogP contribution in [0.15, 0.2) is 0 Å². The van der Waals surface area contributed by atoms with Crippen LogP contribution in [-0.4, -0.2) is 62.1 Å². The van der Waals surface area contributed by atoms with E-state index in [1.54, 1.807) is 0 Å². The van der Waals surface area contributed by atoms with Gasteiger partial charge in [-0.1, -0.05) is 13.8 Å². The molecule has 1 saturated heterocycles. The molecule has 5 aliphatic rings. The van der Waals surface area contributed by atoms with Gasteiger partial charge in [0.25, 0.3) is 0 Å². The third-order valence-electron chi connectivity index (χ3n) is 7.52. The highest BCUT2D eigenvalue weighted by Gasteiger charge is 2.51. The van der Waals surface area contributed by atoms with Crippen molar-refractivity contribution in [2.45, 2.75) is 64.9 Å². The first kappa shape index (κ1) is 21.1. The molecule has 1 aliphatic heterocycles. The Morgan fingerprint density at radius 2 is 1.69 bits per heavy atom. The fourth-order valence-corrected chi connectivity index (χ4v) is 6.96. The van der Waals surface area contributed by atoms with Gasteiger partial charge in [0, 0.05) is 32.6 Å². The maximum atomic E-state index is 12.6. The molecule has 4 bridgehead atoms. The number of nitrogens with one attached hydrogen (secondary N) is 2. The molecule has 0 spiro atoms. The third kappa shape index (κ3) is 5.52. The molecule has 1 atom stereocenters. The van der Waals surface area contributed by atoms with Crippen molar-refractivity contribution in [2.75, 3.05) is 39.3 Å². The molecule has 2 N–H and O–H groups in total. The molecule has 1 heterocycles. The van der Waals surface area contributed by atoms with Crippen LogP contribution in [0, 0.1) is 29.1 Å². The van der Waals surface area contributed by atoms with Gasteiger partial charge >= 0.3 is 0 Å². The van der Waals surface area contributed by atoms with Crippen molar-refractivity contribution >= 4 is 11.8 Å². The largest absolute Gasteiger partial charge is 0.374 e. The Balaban J connectivity index is 1.15. The van der Waals surface area contributed by atoms with E-state index in [1.807, 2.05) is 0 Å². The molecular weight excluding hydrogens is 366 g/mol. The van der Waals surface area contributed by atoms with Crippen LogP contribution in [0.25, 0.3) is 0 Å². The van der Waals surface area contributed by atoms with E-state index in [9.17, 15) is 9.59 Å². The van der Waals surface area contributed by atoms with Gasteiger partial charge < -0.3 is 15.4 Å². The Morgan fingerprint density at radius 1 is 1.03 bits per heavy atom. The summed E-state index contributed by atoms with van der Waals surface area (Å²) >= 11 is 0. The van der Waals surface area contributed by atoms with E-state index < -0.39 is 0 Å². The summed E-state index contributed by atoms with van der Waals surface area (Å²) in [5, 5.41) is 5.81. The van der Waals surface area contributed by atoms with E-state index in [2.05, 4.69) is 29.4 Å². The van der Waals surface area contributed by atoms with Crippen molar-refractivity contribution in [3.63, 3.8) is 0 Å². The van der Waals surface area contributed by atoms with Crippen LogP contribution < -0.4 is 10.6 Å². The Labute approximate surface area is 175 Å². The first-order valence-electron chi connectivity index (χ1n) is 11.8. The Hall–Kier alpha value is -1.14. The van der Waals surface area contributed by atoms with Crippen molar-refractivity contribution in [2.24, 2.45) is 29.1 Å². The molecule has 4 aliphatic carbocycles. The molecule has 6 nitrogen and oxygen atoms in total. The van der Waals surface area contributed by atoms with E-state index in [0.29, 0.717) is 18.9 Å². The number of carbonyl (C=O) groups is 2. The van der Waals surface area contributed by atoms with Gasteiger partial charge in [0.05, 0.1) is 19.3 Å². The lowest BCUT2D eigenvalue weighted by atomic mass is 9.49. The minimum absolute atomic E-state index is 0.0363. The normalized spacial score (nSPS) is 36.4. The highest BCUT2D eigenvalue weighted by atomic mass is 16.5. The van der Waals surface area contributed by atoms with E-state index in [0.717, 1.165) is 44.0 Å². The first-order valence-corrected chi connectivity index (χ1v) is 11.8. The van der Waals surface area contributed by atoms with E-state index in [4.69, 9.17) is 4.74 Å². The second kappa shape index (κ2) is 8.93. The summed E-state index contributed by atoms with van der Waals surface area (Å²) in [6, 6.07) is 0. The fraction of sp³-hybridized carbons (Fsp3) is 0.913. The topological polar surface area (TPSA) is 70.7 Å². The quantitative estimate of drug-likeness (QED) is 0.649. The molecular formula is C23H39N3O3. The van der Waals surface area contributed by atoms with Gasteiger partial charge in [-0.3, -0.25) is 14.5 Å². The standard InChI is InChI=1S/C23H39N3O3/c1-16(2)14-26-3-4-29-20(15-26)12-24-22(28)13-25-21(27)11-23-8-17-5-18(9-23)7-19(6-17)10-23/h16-20H,3-15H2,1-2H3,(H,24,28)(H,25,27). The lowest BCUT2D eigenvalue weighted by Crippen LogP contribution is -2.50. The minimum atomic E-state index is -0.117. The van der Waals surface area contributed by atoms with E-state index in [1.165, 1.54) is 38.5 Å². The molecule has 6 heteroatoms. The second-order valence-electron chi connectivity index (χ2n) is 10.8. The average Bonchev–Trinajstić information content (AvgIpc) is 2.63. The molecule has 164 valence electrons. The molecule has 2 amide bonds. The summed E-state index contributed by atoms with van der Waals surface area (Å²) in [5.74, 6) is 3.12. The summed E-state index contributed by atoms with van der Waals surface area (Å²) in [4.78, 5) is 27.2. The van der Waals surface area contributed by atoms with Crippen LogP contribution in [0.5, 0.6) is 0 Å². The van der Waals surface area contributed by atoms with Gasteiger partial charge in [0.1, 0.15) is 0 Å². The maximum absolute atomic E-state index is 12.6. The number of hydrogen-bond donors (Lipinski definition) is 2. The number of morpholine rings is 1. The predicted octanol–water partition coefficient (Wildman–Crippen LogP) is 2.18. The third-order valence-corrected chi connectivity index (χ3v) is 7.52. The van der Waals surface area contributed by atoms with Gasteiger partial charge in [-0.05, 0) is 67.6 Å².